The smallest absolute Gasteiger partial charge is 0.0320 e. The first kappa shape index (κ1) is 15.7. The predicted octanol–water partition coefficient (Wildman–Crippen LogP) is 6.26. The summed E-state index contributed by atoms with van der Waals surface area (Å²) < 4.78 is 0. The van der Waals surface area contributed by atoms with E-state index in [0.717, 1.165) is 0 Å². The van der Waals surface area contributed by atoms with Gasteiger partial charge in [-0.1, -0.05) is 70.4 Å². The number of unbranched alkanes of at least 4 members (excludes halogenated alkanes) is 7. The van der Waals surface area contributed by atoms with Gasteiger partial charge < -0.3 is 0 Å². The summed E-state index contributed by atoms with van der Waals surface area (Å²) in [7, 11) is 0. The highest BCUT2D eigenvalue weighted by molar-refractivity contribution is 4.99. The van der Waals surface area contributed by atoms with E-state index >= 15 is 0 Å². The molecular weight excluding hydrogens is 192 g/mol. The fourth-order valence-corrected chi connectivity index (χ4v) is 2.13. The van der Waals surface area contributed by atoms with Crippen LogP contribution in [0.1, 0.15) is 91.4 Å². The Labute approximate surface area is 104 Å². The zero-order valence-corrected chi connectivity index (χ0v) is 11.9. The highest BCUT2D eigenvalue weighted by Crippen LogP contribution is 2.16. The molecule has 0 heterocycles. The van der Waals surface area contributed by atoms with Gasteiger partial charge in [-0.3, -0.25) is 0 Å². The van der Waals surface area contributed by atoms with E-state index in [9.17, 15) is 0 Å². The van der Waals surface area contributed by atoms with Crippen LogP contribution in [0.5, 0.6) is 0 Å². The molecule has 0 saturated carbocycles. The third-order valence-corrected chi connectivity index (χ3v) is 3.36. The number of rotatable bonds is 11. The zero-order valence-electron chi connectivity index (χ0n) is 11.9. The Morgan fingerprint density at radius 2 is 1.19 bits per heavy atom. The van der Waals surface area contributed by atoms with Gasteiger partial charge in [0.15, 0.2) is 0 Å². The van der Waals surface area contributed by atoms with Gasteiger partial charge in [0.2, 0.25) is 0 Å². The van der Waals surface area contributed by atoms with E-state index in [1.807, 2.05) is 0 Å². The fraction of sp³-hybridized carbons (Fsp3) is 0.875. The molecule has 0 aliphatic rings. The summed E-state index contributed by atoms with van der Waals surface area (Å²) in [6.45, 7) is 6.76. The molecule has 0 aromatic rings. The van der Waals surface area contributed by atoms with Crippen LogP contribution in [0.2, 0.25) is 0 Å². The Balaban J connectivity index is 3.28. The minimum absolute atomic E-state index is 1.33. The minimum Gasteiger partial charge on any atom is -0.0885 e. The van der Waals surface area contributed by atoms with E-state index in [1.54, 1.807) is 5.57 Å². The van der Waals surface area contributed by atoms with E-state index in [1.165, 1.54) is 70.6 Å². The second-order valence-corrected chi connectivity index (χ2v) is 4.92. The Hall–Kier alpha value is -0.260. The maximum absolute atomic E-state index is 2.34. The summed E-state index contributed by atoms with van der Waals surface area (Å²) in [6, 6.07) is 0. The molecule has 0 fully saturated rings. The Morgan fingerprint density at radius 3 is 1.75 bits per heavy atom. The second-order valence-electron chi connectivity index (χ2n) is 4.92. The summed E-state index contributed by atoms with van der Waals surface area (Å²) in [5, 5.41) is 0. The third-order valence-electron chi connectivity index (χ3n) is 3.36. The van der Waals surface area contributed by atoms with E-state index in [-0.39, 0.29) is 0 Å². The molecule has 0 saturated heterocycles. The molecule has 0 radical (unpaired) electrons. The molecule has 0 unspecified atom stereocenters. The van der Waals surface area contributed by atoms with Crippen molar-refractivity contribution in [3.05, 3.63) is 11.6 Å². The summed E-state index contributed by atoms with van der Waals surface area (Å²) in [5.41, 5.74) is 1.69. The second kappa shape index (κ2) is 12.8. The summed E-state index contributed by atoms with van der Waals surface area (Å²) in [6.07, 6.45) is 17.7. The van der Waals surface area contributed by atoms with Gasteiger partial charge in [0.25, 0.3) is 0 Å². The number of allylic oxidation sites excluding steroid dienone is 2. The van der Waals surface area contributed by atoms with Crippen LogP contribution in [-0.4, -0.2) is 0 Å². The largest absolute Gasteiger partial charge is 0.0885 e. The van der Waals surface area contributed by atoms with Crippen LogP contribution in [0.4, 0.5) is 0 Å². The van der Waals surface area contributed by atoms with Gasteiger partial charge in [-0.25, -0.2) is 0 Å². The molecule has 0 heteroatoms. The lowest BCUT2D eigenvalue weighted by atomic mass is 10.0. The lowest BCUT2D eigenvalue weighted by molar-refractivity contribution is 0.583. The molecule has 16 heavy (non-hydrogen) atoms. The molecule has 0 N–H and O–H groups in total. The van der Waals surface area contributed by atoms with Crippen LogP contribution in [-0.2, 0) is 0 Å². The Bertz CT molecular complexity index is 155. The van der Waals surface area contributed by atoms with Crippen LogP contribution in [0.3, 0.4) is 0 Å². The predicted molar refractivity (Wildman–Crippen MR) is 75.9 cm³/mol. The first-order valence-electron chi connectivity index (χ1n) is 7.49. The van der Waals surface area contributed by atoms with Crippen molar-refractivity contribution in [3.8, 4) is 0 Å². The minimum atomic E-state index is 1.33. The lowest BCUT2D eigenvalue weighted by Crippen LogP contribution is -1.86. The van der Waals surface area contributed by atoms with Crippen LogP contribution in [0.25, 0.3) is 0 Å². The number of hydrogen-bond donors (Lipinski definition) is 0. The molecular formula is C16H32. The van der Waals surface area contributed by atoms with Crippen LogP contribution >= 0.6 is 0 Å². The standard InChI is InChI=1S/C16H32/c1-4-7-9-10-11-12-13-15-16(6-3)14-8-5-2/h6H,4-5,7-15H2,1-3H3/b16-6+. The SMILES string of the molecule is C/C=C(\CCCC)CCCCCCCCC. The summed E-state index contributed by atoms with van der Waals surface area (Å²) in [5.74, 6) is 0. The van der Waals surface area contributed by atoms with Crippen molar-refractivity contribution in [2.45, 2.75) is 91.4 Å². The molecule has 96 valence electrons. The number of hydrogen-bond acceptors (Lipinski definition) is 0. The van der Waals surface area contributed by atoms with Crippen molar-refractivity contribution in [3.63, 3.8) is 0 Å². The molecule has 0 aliphatic heterocycles. The van der Waals surface area contributed by atoms with E-state index in [0.29, 0.717) is 0 Å². The van der Waals surface area contributed by atoms with Crippen molar-refractivity contribution < 1.29 is 0 Å². The van der Waals surface area contributed by atoms with E-state index in [4.69, 9.17) is 0 Å². The van der Waals surface area contributed by atoms with Gasteiger partial charge >= 0.3 is 0 Å². The molecule has 0 nitrogen and oxygen atoms in total. The molecule has 0 aromatic carbocycles. The van der Waals surface area contributed by atoms with Gasteiger partial charge in [-0.2, -0.15) is 0 Å². The Kier molecular flexibility index (Phi) is 12.6. The Morgan fingerprint density at radius 1 is 0.688 bits per heavy atom. The van der Waals surface area contributed by atoms with Crippen LogP contribution in [0, 0.1) is 0 Å². The maximum Gasteiger partial charge on any atom is -0.0320 e. The van der Waals surface area contributed by atoms with Gasteiger partial charge in [-0.05, 0) is 32.6 Å². The average molecular weight is 224 g/mol. The molecule has 0 spiro atoms. The molecule has 0 aliphatic carbocycles. The lowest BCUT2D eigenvalue weighted by Gasteiger charge is -2.06. The van der Waals surface area contributed by atoms with E-state index in [2.05, 4.69) is 26.8 Å². The van der Waals surface area contributed by atoms with E-state index < -0.39 is 0 Å². The van der Waals surface area contributed by atoms with Crippen LogP contribution < -0.4 is 0 Å². The van der Waals surface area contributed by atoms with Gasteiger partial charge in [-0.15, -0.1) is 0 Å². The molecule has 0 rings (SSSR count). The monoisotopic (exact) mass is 224 g/mol. The first-order chi connectivity index (χ1) is 7.85. The molecule has 0 atom stereocenters. The highest BCUT2D eigenvalue weighted by atomic mass is 14.0. The third kappa shape index (κ3) is 10.3. The fourth-order valence-electron chi connectivity index (χ4n) is 2.13. The maximum atomic E-state index is 2.34. The molecule has 0 aromatic heterocycles. The van der Waals surface area contributed by atoms with Gasteiger partial charge in [0.05, 0.1) is 0 Å². The van der Waals surface area contributed by atoms with Crippen molar-refractivity contribution in [1.29, 1.82) is 0 Å². The summed E-state index contributed by atoms with van der Waals surface area (Å²) >= 11 is 0. The van der Waals surface area contributed by atoms with Crippen molar-refractivity contribution >= 4 is 0 Å². The van der Waals surface area contributed by atoms with Gasteiger partial charge in [0, 0.05) is 0 Å². The quantitative estimate of drug-likeness (QED) is 0.287. The van der Waals surface area contributed by atoms with Gasteiger partial charge in [0.1, 0.15) is 0 Å². The first-order valence-corrected chi connectivity index (χ1v) is 7.49. The average Bonchev–Trinajstić information content (AvgIpc) is 2.32. The van der Waals surface area contributed by atoms with Crippen LogP contribution in [0.15, 0.2) is 11.6 Å². The highest BCUT2D eigenvalue weighted by Gasteiger charge is 1.96. The molecule has 0 amide bonds. The van der Waals surface area contributed by atoms with Crippen molar-refractivity contribution in [2.24, 2.45) is 0 Å². The zero-order chi connectivity index (χ0) is 12.1. The van der Waals surface area contributed by atoms with Crippen molar-refractivity contribution in [2.75, 3.05) is 0 Å². The molecule has 0 bridgehead atoms. The normalized spacial score (nSPS) is 12.1. The van der Waals surface area contributed by atoms with Crippen molar-refractivity contribution in [1.82, 2.24) is 0 Å². The summed E-state index contributed by atoms with van der Waals surface area (Å²) in [4.78, 5) is 0. The topological polar surface area (TPSA) is 0 Å².